The van der Waals surface area contributed by atoms with Gasteiger partial charge in [0.05, 0.1) is 12.2 Å². The molecule has 3 aromatic heterocycles. The molecule has 0 unspecified atom stereocenters. The second kappa shape index (κ2) is 8.39. The lowest BCUT2D eigenvalue weighted by Crippen LogP contribution is -2.17. The van der Waals surface area contributed by atoms with E-state index >= 15 is 0 Å². The van der Waals surface area contributed by atoms with Gasteiger partial charge in [0.15, 0.2) is 11.5 Å². The molecule has 6 rings (SSSR count). The molecule has 5 aromatic rings. The SMILES string of the molecule is O=C(Nc1cccc(C#Cc2cnc3cccnn23)c1)c1nc2n(n1)[C@H](c1ccccc1)CC2(F)F. The maximum Gasteiger partial charge on any atom is 0.308 e. The number of halogens is 2. The number of carbonyl (C=O) groups is 1. The van der Waals surface area contributed by atoms with E-state index in [1.165, 1.54) is 0 Å². The van der Waals surface area contributed by atoms with Crippen LogP contribution in [0.15, 0.2) is 79.1 Å². The number of hydrogen-bond donors (Lipinski definition) is 1. The second-order valence-corrected chi connectivity index (χ2v) is 8.26. The summed E-state index contributed by atoms with van der Waals surface area (Å²) in [5.41, 5.74) is 3.05. The van der Waals surface area contributed by atoms with Crippen molar-refractivity contribution in [2.45, 2.75) is 18.4 Å². The summed E-state index contributed by atoms with van der Waals surface area (Å²) in [6, 6.07) is 18.7. The minimum atomic E-state index is -3.19. The Morgan fingerprint density at radius 2 is 1.92 bits per heavy atom. The zero-order valence-electron chi connectivity index (χ0n) is 18.6. The molecular formula is C26H17F2N7O. The monoisotopic (exact) mass is 481 g/mol. The van der Waals surface area contributed by atoms with Crippen molar-refractivity contribution in [1.82, 2.24) is 29.4 Å². The van der Waals surface area contributed by atoms with Gasteiger partial charge < -0.3 is 5.32 Å². The number of imidazole rings is 1. The molecule has 0 radical (unpaired) electrons. The van der Waals surface area contributed by atoms with Crippen LogP contribution in [0, 0.1) is 11.8 Å². The third-order valence-electron chi connectivity index (χ3n) is 5.82. The molecule has 1 aliphatic rings. The lowest BCUT2D eigenvalue weighted by Gasteiger charge is -2.12. The summed E-state index contributed by atoms with van der Waals surface area (Å²) in [6.45, 7) is 0. The summed E-state index contributed by atoms with van der Waals surface area (Å²) in [5, 5.41) is 11.0. The van der Waals surface area contributed by atoms with E-state index in [1.807, 2.05) is 12.1 Å². The first-order valence-corrected chi connectivity index (χ1v) is 11.1. The van der Waals surface area contributed by atoms with Crippen LogP contribution in [0.5, 0.6) is 0 Å². The first-order valence-electron chi connectivity index (χ1n) is 11.1. The van der Waals surface area contributed by atoms with Crippen LogP contribution in [-0.2, 0) is 5.92 Å². The molecule has 1 atom stereocenters. The summed E-state index contributed by atoms with van der Waals surface area (Å²) < 4.78 is 32.1. The molecule has 0 aliphatic carbocycles. The fourth-order valence-corrected chi connectivity index (χ4v) is 4.15. The van der Waals surface area contributed by atoms with E-state index in [4.69, 9.17) is 0 Å². The van der Waals surface area contributed by atoms with Gasteiger partial charge >= 0.3 is 5.92 Å². The van der Waals surface area contributed by atoms with E-state index in [2.05, 4.69) is 37.3 Å². The zero-order chi connectivity index (χ0) is 24.7. The summed E-state index contributed by atoms with van der Waals surface area (Å²) in [7, 11) is 0. The van der Waals surface area contributed by atoms with Crippen LogP contribution < -0.4 is 5.32 Å². The predicted octanol–water partition coefficient (Wildman–Crippen LogP) is 4.06. The van der Waals surface area contributed by atoms with Crippen molar-refractivity contribution in [3.63, 3.8) is 0 Å². The fourth-order valence-electron chi connectivity index (χ4n) is 4.15. The highest BCUT2D eigenvalue weighted by Crippen LogP contribution is 2.45. The maximum absolute atomic E-state index is 14.6. The summed E-state index contributed by atoms with van der Waals surface area (Å²) in [6.07, 6.45) is 2.83. The maximum atomic E-state index is 14.6. The standard InChI is InChI=1S/C26H17F2N7O/c27-26(28)15-21(18-7-2-1-3-8-18)35-25(26)32-23(33-35)24(36)31-19-9-4-6-17(14-19)11-12-20-16-29-22-10-5-13-30-34(20)22/h1-10,13-14,16,21H,15H2,(H,31,36)/t21-/m0/s1. The predicted molar refractivity (Wildman–Crippen MR) is 126 cm³/mol. The summed E-state index contributed by atoms with van der Waals surface area (Å²) >= 11 is 0. The Bertz CT molecular complexity index is 1660. The number of anilines is 1. The van der Waals surface area contributed by atoms with Crippen molar-refractivity contribution in [2.24, 2.45) is 0 Å². The molecule has 1 N–H and O–H groups in total. The largest absolute Gasteiger partial charge is 0.319 e. The third kappa shape index (κ3) is 3.86. The molecule has 0 saturated heterocycles. The molecule has 176 valence electrons. The van der Waals surface area contributed by atoms with Crippen molar-refractivity contribution in [2.75, 3.05) is 5.32 Å². The van der Waals surface area contributed by atoms with Crippen molar-refractivity contribution >= 4 is 17.2 Å². The van der Waals surface area contributed by atoms with Crippen LogP contribution in [0.3, 0.4) is 0 Å². The summed E-state index contributed by atoms with van der Waals surface area (Å²) in [5.74, 6) is 1.33. The van der Waals surface area contributed by atoms with Gasteiger partial charge in [0.1, 0.15) is 5.69 Å². The Balaban J connectivity index is 1.23. The number of nitrogens with one attached hydrogen (secondary N) is 1. The van der Waals surface area contributed by atoms with Crippen molar-refractivity contribution in [3.05, 3.63) is 108 Å². The Morgan fingerprint density at radius 1 is 1.06 bits per heavy atom. The molecule has 0 spiro atoms. The number of fused-ring (bicyclic) bond motifs is 2. The number of nitrogens with zero attached hydrogens (tertiary/aromatic N) is 6. The van der Waals surface area contributed by atoms with Crippen molar-refractivity contribution < 1.29 is 13.6 Å². The van der Waals surface area contributed by atoms with Crippen LogP contribution in [0.4, 0.5) is 14.5 Å². The van der Waals surface area contributed by atoms with Crippen LogP contribution >= 0.6 is 0 Å². The molecule has 0 bridgehead atoms. The number of aromatic nitrogens is 6. The van der Waals surface area contributed by atoms with E-state index in [0.717, 1.165) is 4.68 Å². The van der Waals surface area contributed by atoms with Crippen molar-refractivity contribution in [1.29, 1.82) is 0 Å². The Morgan fingerprint density at radius 3 is 2.78 bits per heavy atom. The molecule has 4 heterocycles. The van der Waals surface area contributed by atoms with Gasteiger partial charge in [-0.15, -0.1) is 5.10 Å². The Labute approximate surface area is 203 Å². The smallest absolute Gasteiger partial charge is 0.308 e. The van der Waals surface area contributed by atoms with Gasteiger partial charge in [-0.05, 0) is 41.8 Å². The van der Waals surface area contributed by atoms with Gasteiger partial charge in [-0.2, -0.15) is 13.9 Å². The normalized spacial score (nSPS) is 15.8. The molecule has 8 nitrogen and oxygen atoms in total. The molecule has 2 aromatic carbocycles. The van der Waals surface area contributed by atoms with E-state index < -0.39 is 30.1 Å². The van der Waals surface area contributed by atoms with Crippen molar-refractivity contribution in [3.8, 4) is 11.8 Å². The fraction of sp³-hybridized carbons (Fsp3) is 0.115. The van der Waals surface area contributed by atoms with Gasteiger partial charge in [-0.25, -0.2) is 19.2 Å². The molecule has 0 fully saturated rings. The minimum absolute atomic E-state index is 0.321. The third-order valence-corrected chi connectivity index (χ3v) is 5.82. The van der Waals surface area contributed by atoms with E-state index in [1.54, 1.807) is 71.5 Å². The van der Waals surface area contributed by atoms with Gasteiger partial charge in [0.25, 0.3) is 5.91 Å². The van der Waals surface area contributed by atoms with Gasteiger partial charge in [0, 0.05) is 23.9 Å². The first kappa shape index (κ1) is 21.6. The highest BCUT2D eigenvalue weighted by Gasteiger charge is 2.49. The molecule has 1 amide bonds. The van der Waals surface area contributed by atoms with E-state index in [0.29, 0.717) is 28.2 Å². The highest BCUT2D eigenvalue weighted by atomic mass is 19.3. The topological polar surface area (TPSA) is 90.0 Å². The zero-order valence-corrected chi connectivity index (χ0v) is 18.6. The molecule has 10 heteroatoms. The van der Waals surface area contributed by atoms with Crippen LogP contribution in [0.1, 0.15) is 45.7 Å². The van der Waals surface area contributed by atoms with E-state index in [9.17, 15) is 13.6 Å². The van der Waals surface area contributed by atoms with E-state index in [-0.39, 0.29) is 5.82 Å². The number of hydrogen-bond acceptors (Lipinski definition) is 5. The van der Waals surface area contributed by atoms with Gasteiger partial charge in [-0.1, -0.05) is 42.3 Å². The average Bonchev–Trinajstić information content (AvgIpc) is 3.58. The van der Waals surface area contributed by atoms with Crippen LogP contribution in [0.2, 0.25) is 0 Å². The number of alkyl halides is 2. The average molecular weight is 481 g/mol. The molecule has 1 aliphatic heterocycles. The highest BCUT2D eigenvalue weighted by molar-refractivity contribution is 6.01. The Hall–Kier alpha value is -4.91. The number of rotatable bonds is 3. The second-order valence-electron chi connectivity index (χ2n) is 8.26. The Kier molecular flexibility index (Phi) is 5.04. The first-order chi connectivity index (χ1) is 17.5. The number of amides is 1. The number of carbonyl (C=O) groups excluding carboxylic acids is 1. The van der Waals surface area contributed by atoms with Gasteiger partial charge in [-0.3, -0.25) is 4.79 Å². The summed E-state index contributed by atoms with van der Waals surface area (Å²) in [4.78, 5) is 21.0. The lowest BCUT2D eigenvalue weighted by atomic mass is 10.0. The molecular weight excluding hydrogens is 464 g/mol. The van der Waals surface area contributed by atoms with Crippen LogP contribution in [0.25, 0.3) is 5.65 Å². The molecule has 36 heavy (non-hydrogen) atoms. The molecule has 0 saturated carbocycles. The quantitative estimate of drug-likeness (QED) is 0.393. The minimum Gasteiger partial charge on any atom is -0.319 e. The van der Waals surface area contributed by atoms with Gasteiger partial charge in [0.2, 0.25) is 5.82 Å². The number of benzene rings is 2. The van der Waals surface area contributed by atoms with Crippen LogP contribution in [-0.4, -0.2) is 35.3 Å². The lowest BCUT2D eigenvalue weighted by molar-refractivity contribution is -0.00882.